The van der Waals surface area contributed by atoms with Gasteiger partial charge >= 0.3 is 0 Å². The molecule has 1 rings (SSSR count). The molecule has 0 aliphatic carbocycles. The largest absolute Gasteiger partial charge is 0.343 e. The molecule has 1 aromatic rings. The molecular weight excluding hydrogens is 240 g/mol. The summed E-state index contributed by atoms with van der Waals surface area (Å²) in [7, 11) is 1.73. The Morgan fingerprint density at radius 3 is 2.26 bits per heavy atom. The summed E-state index contributed by atoms with van der Waals surface area (Å²) in [4.78, 5) is 25.2. The molecule has 0 saturated heterocycles. The maximum Gasteiger partial charge on any atom is 0.251 e. The molecule has 0 radical (unpaired) electrons. The van der Waals surface area contributed by atoms with Crippen molar-refractivity contribution in [2.45, 2.75) is 33.2 Å². The molecule has 1 aromatic carbocycles. The van der Waals surface area contributed by atoms with Crippen LogP contribution in [0.2, 0.25) is 0 Å². The van der Waals surface area contributed by atoms with Crippen molar-refractivity contribution < 1.29 is 9.59 Å². The van der Waals surface area contributed by atoms with Gasteiger partial charge in [0.1, 0.15) is 0 Å². The Labute approximate surface area is 114 Å². The molecule has 0 unspecified atom stereocenters. The average Bonchev–Trinajstić information content (AvgIpc) is 2.43. The first-order valence-corrected chi connectivity index (χ1v) is 6.58. The highest BCUT2D eigenvalue weighted by atomic mass is 16.2. The lowest BCUT2D eigenvalue weighted by Crippen LogP contribution is -2.41. The monoisotopic (exact) mass is 262 g/mol. The Balaban J connectivity index is 2.53. The standard InChI is InChI=1S/C15H22N2O2/c1-5-12-6-8-13(9-7-12)15(19)16-10-14(18)17(4)11(2)3/h6-9,11H,5,10H2,1-4H3,(H,16,19). The Hall–Kier alpha value is -1.84. The molecule has 1 N–H and O–H groups in total. The summed E-state index contributed by atoms with van der Waals surface area (Å²) in [5, 5.41) is 2.64. The van der Waals surface area contributed by atoms with Crippen LogP contribution in [0.5, 0.6) is 0 Å². The summed E-state index contributed by atoms with van der Waals surface area (Å²) in [5.41, 5.74) is 1.77. The summed E-state index contributed by atoms with van der Waals surface area (Å²) in [6.07, 6.45) is 0.944. The van der Waals surface area contributed by atoms with Crippen LogP contribution in [0.1, 0.15) is 36.7 Å². The fourth-order valence-electron chi connectivity index (χ4n) is 1.56. The van der Waals surface area contributed by atoms with Crippen LogP contribution in [0, 0.1) is 0 Å². The van der Waals surface area contributed by atoms with E-state index in [1.807, 2.05) is 26.0 Å². The number of carbonyl (C=O) groups excluding carboxylic acids is 2. The van der Waals surface area contributed by atoms with E-state index < -0.39 is 0 Å². The molecule has 104 valence electrons. The summed E-state index contributed by atoms with van der Waals surface area (Å²) in [5.74, 6) is -0.304. The van der Waals surface area contributed by atoms with Gasteiger partial charge in [0.05, 0.1) is 6.54 Å². The van der Waals surface area contributed by atoms with E-state index in [1.54, 1.807) is 24.1 Å². The van der Waals surface area contributed by atoms with Crippen LogP contribution in [0.4, 0.5) is 0 Å². The highest BCUT2D eigenvalue weighted by Crippen LogP contribution is 2.04. The number of likely N-dealkylation sites (N-methyl/N-ethyl adjacent to an activating group) is 1. The second-order valence-electron chi connectivity index (χ2n) is 4.83. The predicted molar refractivity (Wildman–Crippen MR) is 76.1 cm³/mol. The highest BCUT2D eigenvalue weighted by Gasteiger charge is 2.13. The Kier molecular flexibility index (Phi) is 5.55. The van der Waals surface area contributed by atoms with Crippen molar-refractivity contribution in [2.24, 2.45) is 0 Å². The highest BCUT2D eigenvalue weighted by molar-refractivity contribution is 5.96. The molecule has 0 aromatic heterocycles. The van der Waals surface area contributed by atoms with Crippen molar-refractivity contribution in [1.82, 2.24) is 10.2 Å². The van der Waals surface area contributed by atoms with Crippen LogP contribution in [0.3, 0.4) is 0 Å². The van der Waals surface area contributed by atoms with E-state index in [4.69, 9.17) is 0 Å². The fourth-order valence-corrected chi connectivity index (χ4v) is 1.56. The van der Waals surface area contributed by atoms with E-state index in [-0.39, 0.29) is 24.4 Å². The number of benzene rings is 1. The minimum absolute atomic E-state index is 0.0308. The van der Waals surface area contributed by atoms with Crippen LogP contribution in [0.25, 0.3) is 0 Å². The maximum absolute atomic E-state index is 11.9. The molecule has 0 bridgehead atoms. The average molecular weight is 262 g/mol. The van der Waals surface area contributed by atoms with Gasteiger partial charge in [-0.1, -0.05) is 19.1 Å². The van der Waals surface area contributed by atoms with Gasteiger partial charge in [0.15, 0.2) is 0 Å². The Morgan fingerprint density at radius 2 is 1.79 bits per heavy atom. The van der Waals surface area contributed by atoms with Gasteiger partial charge in [0.2, 0.25) is 5.91 Å². The van der Waals surface area contributed by atoms with E-state index in [0.29, 0.717) is 5.56 Å². The van der Waals surface area contributed by atoms with E-state index >= 15 is 0 Å². The van der Waals surface area contributed by atoms with Crippen molar-refractivity contribution in [3.63, 3.8) is 0 Å². The zero-order chi connectivity index (χ0) is 14.4. The number of nitrogens with zero attached hydrogens (tertiary/aromatic N) is 1. The first-order chi connectivity index (χ1) is 8.95. The first-order valence-electron chi connectivity index (χ1n) is 6.58. The second kappa shape index (κ2) is 6.92. The van der Waals surface area contributed by atoms with E-state index in [9.17, 15) is 9.59 Å². The third kappa shape index (κ3) is 4.39. The Morgan fingerprint density at radius 1 is 1.21 bits per heavy atom. The van der Waals surface area contributed by atoms with E-state index in [1.165, 1.54) is 5.56 Å². The lowest BCUT2D eigenvalue weighted by molar-refractivity contribution is -0.130. The van der Waals surface area contributed by atoms with Crippen molar-refractivity contribution in [3.8, 4) is 0 Å². The summed E-state index contributed by atoms with van der Waals surface area (Å²) >= 11 is 0. The van der Waals surface area contributed by atoms with Gasteiger partial charge in [-0.05, 0) is 38.0 Å². The second-order valence-corrected chi connectivity index (χ2v) is 4.83. The third-order valence-corrected chi connectivity index (χ3v) is 3.19. The maximum atomic E-state index is 11.9. The number of aryl methyl sites for hydroxylation is 1. The number of nitrogens with one attached hydrogen (secondary N) is 1. The number of amides is 2. The van der Waals surface area contributed by atoms with Gasteiger partial charge in [0.25, 0.3) is 5.91 Å². The molecule has 2 amide bonds. The van der Waals surface area contributed by atoms with E-state index in [2.05, 4.69) is 12.2 Å². The fraction of sp³-hybridized carbons (Fsp3) is 0.467. The Bertz CT molecular complexity index is 438. The zero-order valence-corrected chi connectivity index (χ0v) is 12.1. The van der Waals surface area contributed by atoms with Gasteiger partial charge in [0, 0.05) is 18.7 Å². The number of hydrogen-bond acceptors (Lipinski definition) is 2. The molecule has 0 aliphatic heterocycles. The topological polar surface area (TPSA) is 49.4 Å². The molecule has 0 heterocycles. The molecule has 0 saturated carbocycles. The lowest BCUT2D eigenvalue weighted by Gasteiger charge is -2.21. The molecule has 4 heteroatoms. The number of hydrogen-bond donors (Lipinski definition) is 1. The normalized spacial score (nSPS) is 10.4. The lowest BCUT2D eigenvalue weighted by atomic mass is 10.1. The molecule has 19 heavy (non-hydrogen) atoms. The minimum Gasteiger partial charge on any atom is -0.343 e. The van der Waals surface area contributed by atoms with Gasteiger partial charge in [-0.15, -0.1) is 0 Å². The molecule has 0 atom stereocenters. The van der Waals surface area contributed by atoms with Crippen LogP contribution in [-0.4, -0.2) is 36.3 Å². The zero-order valence-electron chi connectivity index (χ0n) is 12.1. The molecule has 0 aliphatic rings. The van der Waals surface area contributed by atoms with Crippen LogP contribution < -0.4 is 5.32 Å². The minimum atomic E-state index is -0.215. The SMILES string of the molecule is CCc1ccc(C(=O)NCC(=O)N(C)C(C)C)cc1. The van der Waals surface area contributed by atoms with Crippen molar-refractivity contribution in [3.05, 3.63) is 35.4 Å². The van der Waals surface area contributed by atoms with Crippen molar-refractivity contribution >= 4 is 11.8 Å². The van der Waals surface area contributed by atoms with Crippen molar-refractivity contribution in [2.75, 3.05) is 13.6 Å². The summed E-state index contributed by atoms with van der Waals surface area (Å²) < 4.78 is 0. The summed E-state index contributed by atoms with van der Waals surface area (Å²) in [6, 6.07) is 7.55. The van der Waals surface area contributed by atoms with Crippen LogP contribution in [0.15, 0.2) is 24.3 Å². The smallest absolute Gasteiger partial charge is 0.251 e. The van der Waals surface area contributed by atoms with Crippen LogP contribution in [-0.2, 0) is 11.2 Å². The van der Waals surface area contributed by atoms with Crippen LogP contribution >= 0.6 is 0 Å². The van der Waals surface area contributed by atoms with Gasteiger partial charge in [-0.2, -0.15) is 0 Å². The predicted octanol–water partition coefficient (Wildman–Crippen LogP) is 1.85. The summed E-state index contributed by atoms with van der Waals surface area (Å²) in [6.45, 7) is 5.96. The molecule has 0 fully saturated rings. The van der Waals surface area contributed by atoms with Crippen molar-refractivity contribution in [1.29, 1.82) is 0 Å². The third-order valence-electron chi connectivity index (χ3n) is 3.19. The van der Waals surface area contributed by atoms with Gasteiger partial charge < -0.3 is 10.2 Å². The van der Waals surface area contributed by atoms with Gasteiger partial charge in [-0.25, -0.2) is 0 Å². The molecule has 0 spiro atoms. The van der Waals surface area contributed by atoms with Gasteiger partial charge in [-0.3, -0.25) is 9.59 Å². The van der Waals surface area contributed by atoms with E-state index in [0.717, 1.165) is 6.42 Å². The number of rotatable bonds is 5. The molecular formula is C15H22N2O2. The quantitative estimate of drug-likeness (QED) is 0.880. The number of carbonyl (C=O) groups is 2. The first kappa shape index (κ1) is 15.2. The molecule has 4 nitrogen and oxygen atoms in total.